The van der Waals surface area contributed by atoms with Gasteiger partial charge < -0.3 is 9.84 Å². The number of phenolic OH excluding ortho intramolecular Hbond substituents is 1. The zero-order valence-electron chi connectivity index (χ0n) is 17.2. The summed E-state index contributed by atoms with van der Waals surface area (Å²) in [5.41, 5.74) is 3.17. The minimum atomic E-state index is -0.0777. The third-order valence-electron chi connectivity index (χ3n) is 6.84. The van der Waals surface area contributed by atoms with Gasteiger partial charge in [0.25, 0.3) is 0 Å². The number of pyridine rings is 1. The van der Waals surface area contributed by atoms with Crippen LogP contribution >= 0.6 is 0 Å². The summed E-state index contributed by atoms with van der Waals surface area (Å²) in [4.78, 5) is 7.09. The summed E-state index contributed by atoms with van der Waals surface area (Å²) in [6.07, 6.45) is 6.25. The first-order valence-electron chi connectivity index (χ1n) is 10.8. The number of fused-ring (bicyclic) bond motifs is 4. The topological polar surface area (TPSA) is 45.6 Å². The van der Waals surface area contributed by atoms with Gasteiger partial charge in [-0.05, 0) is 66.6 Å². The Labute approximate surface area is 177 Å². The van der Waals surface area contributed by atoms with Gasteiger partial charge >= 0.3 is 0 Å². The van der Waals surface area contributed by atoms with Gasteiger partial charge in [0.2, 0.25) is 0 Å². The standard InChI is InChI=1S/C26H28N2O2/c1-2-19-16-28-13-11-20(19)14-25(28)26(30-17-18-6-4-3-5-7-18)22-10-12-27-24-9-8-21(29)15-23(22)24/h2-10,12,15,19-20,25-26,29H,1,11,13-14,16-17H2/t19-,20-,25+,26-/m0/s1. The molecule has 0 amide bonds. The molecule has 3 fully saturated rings. The molecule has 3 aromatic rings. The molecule has 30 heavy (non-hydrogen) atoms. The van der Waals surface area contributed by atoms with Crippen LogP contribution in [0.25, 0.3) is 10.9 Å². The molecular formula is C26H28N2O2. The van der Waals surface area contributed by atoms with E-state index in [9.17, 15) is 5.11 Å². The van der Waals surface area contributed by atoms with Crippen LogP contribution in [0.15, 0.2) is 73.4 Å². The van der Waals surface area contributed by atoms with Crippen LogP contribution in [-0.2, 0) is 11.3 Å². The number of hydrogen-bond acceptors (Lipinski definition) is 4. The van der Waals surface area contributed by atoms with Gasteiger partial charge in [-0.2, -0.15) is 0 Å². The fourth-order valence-electron chi connectivity index (χ4n) is 5.26. The lowest BCUT2D eigenvalue weighted by atomic mass is 9.73. The third kappa shape index (κ3) is 3.62. The van der Waals surface area contributed by atoms with E-state index in [-0.39, 0.29) is 11.9 Å². The average molecular weight is 401 g/mol. The molecule has 3 saturated heterocycles. The normalized spacial score (nSPS) is 26.5. The Bertz CT molecular complexity index is 1040. The quantitative estimate of drug-likeness (QED) is 0.585. The van der Waals surface area contributed by atoms with E-state index >= 15 is 0 Å². The highest BCUT2D eigenvalue weighted by molar-refractivity contribution is 5.83. The third-order valence-corrected chi connectivity index (χ3v) is 6.84. The molecule has 1 N–H and O–H groups in total. The van der Waals surface area contributed by atoms with E-state index in [1.807, 2.05) is 36.5 Å². The van der Waals surface area contributed by atoms with E-state index in [4.69, 9.17) is 4.74 Å². The summed E-state index contributed by atoms with van der Waals surface area (Å²) in [5.74, 6) is 1.50. The predicted molar refractivity (Wildman–Crippen MR) is 119 cm³/mol. The van der Waals surface area contributed by atoms with Gasteiger partial charge in [-0.1, -0.05) is 36.4 Å². The molecule has 4 heteroatoms. The molecule has 1 aromatic heterocycles. The Hall–Kier alpha value is -2.69. The van der Waals surface area contributed by atoms with E-state index in [1.165, 1.54) is 12.0 Å². The SMILES string of the molecule is C=C[C@H]1CN2CC[C@H]1C[C@@H]2[C@@H](OCc1ccccc1)c1ccnc2ccc(O)cc12. The number of phenols is 1. The maximum Gasteiger partial charge on any atom is 0.116 e. The Kier molecular flexibility index (Phi) is 5.28. The van der Waals surface area contributed by atoms with Crippen molar-refractivity contribution in [3.63, 3.8) is 0 Å². The molecular weight excluding hydrogens is 372 g/mol. The lowest BCUT2D eigenvalue weighted by Crippen LogP contribution is -2.55. The van der Waals surface area contributed by atoms with E-state index in [1.54, 1.807) is 6.07 Å². The van der Waals surface area contributed by atoms with Gasteiger partial charge in [0, 0.05) is 24.2 Å². The van der Waals surface area contributed by atoms with Crippen molar-refractivity contribution >= 4 is 10.9 Å². The van der Waals surface area contributed by atoms with Crippen LogP contribution < -0.4 is 0 Å². The lowest BCUT2D eigenvalue weighted by molar-refractivity contribution is -0.0803. The summed E-state index contributed by atoms with van der Waals surface area (Å²) < 4.78 is 6.65. The van der Waals surface area contributed by atoms with E-state index in [2.05, 4.69) is 40.7 Å². The van der Waals surface area contributed by atoms with Crippen molar-refractivity contribution in [3.8, 4) is 5.75 Å². The van der Waals surface area contributed by atoms with Crippen molar-refractivity contribution in [2.24, 2.45) is 11.8 Å². The van der Waals surface area contributed by atoms with Crippen LogP contribution in [0.1, 0.15) is 30.1 Å². The van der Waals surface area contributed by atoms with Gasteiger partial charge in [0.05, 0.1) is 18.2 Å². The second-order valence-corrected chi connectivity index (χ2v) is 8.57. The number of rotatable bonds is 6. The minimum Gasteiger partial charge on any atom is -0.508 e. The van der Waals surface area contributed by atoms with Gasteiger partial charge in [-0.3, -0.25) is 9.88 Å². The molecule has 5 atom stereocenters. The van der Waals surface area contributed by atoms with E-state index in [0.29, 0.717) is 24.5 Å². The maximum absolute atomic E-state index is 10.1. The molecule has 4 nitrogen and oxygen atoms in total. The molecule has 154 valence electrons. The van der Waals surface area contributed by atoms with Crippen LogP contribution in [0.5, 0.6) is 5.75 Å². The second kappa shape index (κ2) is 8.21. The van der Waals surface area contributed by atoms with Crippen LogP contribution in [0, 0.1) is 11.8 Å². The molecule has 6 rings (SSSR count). The Morgan fingerprint density at radius 1 is 1.20 bits per heavy atom. The Morgan fingerprint density at radius 2 is 2.07 bits per heavy atom. The first-order chi connectivity index (χ1) is 14.7. The molecule has 0 saturated carbocycles. The molecule has 1 unspecified atom stereocenters. The molecule has 3 aliphatic heterocycles. The maximum atomic E-state index is 10.1. The summed E-state index contributed by atoms with van der Waals surface area (Å²) in [6, 6.07) is 18.1. The number of nitrogens with zero attached hydrogens (tertiary/aromatic N) is 2. The Morgan fingerprint density at radius 3 is 2.83 bits per heavy atom. The van der Waals surface area contributed by atoms with Gasteiger partial charge in [0.1, 0.15) is 5.75 Å². The lowest BCUT2D eigenvalue weighted by Gasteiger charge is -2.51. The van der Waals surface area contributed by atoms with Gasteiger partial charge in [-0.25, -0.2) is 0 Å². The molecule has 0 spiro atoms. The predicted octanol–water partition coefficient (Wildman–Crippen LogP) is 5.09. The first-order valence-corrected chi connectivity index (χ1v) is 10.8. The van der Waals surface area contributed by atoms with Crippen molar-refractivity contribution in [1.82, 2.24) is 9.88 Å². The number of aromatic nitrogens is 1. The average Bonchev–Trinajstić information content (AvgIpc) is 2.80. The smallest absolute Gasteiger partial charge is 0.116 e. The molecule has 3 aliphatic rings. The van der Waals surface area contributed by atoms with E-state index < -0.39 is 0 Å². The van der Waals surface area contributed by atoms with Crippen molar-refractivity contribution < 1.29 is 9.84 Å². The largest absolute Gasteiger partial charge is 0.508 e. The summed E-state index contributed by atoms with van der Waals surface area (Å²) in [6.45, 7) is 6.79. The molecule has 2 aromatic carbocycles. The first kappa shape index (κ1) is 19.3. The zero-order valence-corrected chi connectivity index (χ0v) is 17.2. The number of aromatic hydroxyl groups is 1. The monoisotopic (exact) mass is 400 g/mol. The van der Waals surface area contributed by atoms with E-state index in [0.717, 1.165) is 36.0 Å². The highest BCUT2D eigenvalue weighted by atomic mass is 16.5. The summed E-state index contributed by atoms with van der Waals surface area (Å²) in [7, 11) is 0. The van der Waals surface area contributed by atoms with Crippen molar-refractivity contribution in [2.45, 2.75) is 31.6 Å². The van der Waals surface area contributed by atoms with Crippen molar-refractivity contribution in [1.29, 1.82) is 0 Å². The summed E-state index contributed by atoms with van der Waals surface area (Å²) >= 11 is 0. The fourth-order valence-corrected chi connectivity index (χ4v) is 5.26. The minimum absolute atomic E-state index is 0.0777. The molecule has 0 radical (unpaired) electrons. The Balaban J connectivity index is 1.52. The number of piperidine rings is 3. The number of ether oxygens (including phenoxy) is 1. The number of hydrogen-bond donors (Lipinski definition) is 1. The van der Waals surface area contributed by atoms with Crippen LogP contribution in [0.4, 0.5) is 0 Å². The van der Waals surface area contributed by atoms with Crippen LogP contribution in [0.2, 0.25) is 0 Å². The highest BCUT2D eigenvalue weighted by Crippen LogP contribution is 2.43. The van der Waals surface area contributed by atoms with Crippen LogP contribution in [-0.4, -0.2) is 34.1 Å². The molecule has 2 bridgehead atoms. The van der Waals surface area contributed by atoms with Crippen LogP contribution in [0.3, 0.4) is 0 Å². The molecule has 4 heterocycles. The second-order valence-electron chi connectivity index (χ2n) is 8.57. The summed E-state index contributed by atoms with van der Waals surface area (Å²) in [5, 5.41) is 11.1. The van der Waals surface area contributed by atoms with Crippen molar-refractivity contribution in [3.05, 3.63) is 84.6 Å². The fraction of sp³-hybridized carbons (Fsp3) is 0.346. The molecule has 0 aliphatic carbocycles. The van der Waals surface area contributed by atoms with Gasteiger partial charge in [0.15, 0.2) is 0 Å². The van der Waals surface area contributed by atoms with Gasteiger partial charge in [-0.15, -0.1) is 6.58 Å². The number of benzene rings is 2. The van der Waals surface area contributed by atoms with Crippen molar-refractivity contribution in [2.75, 3.05) is 13.1 Å². The highest BCUT2D eigenvalue weighted by Gasteiger charge is 2.43. The zero-order chi connectivity index (χ0) is 20.5.